The topological polar surface area (TPSA) is 45.0 Å². The molecule has 1 saturated heterocycles. The number of hydrogen-bond acceptors (Lipinski definition) is 3. The highest BCUT2D eigenvalue weighted by molar-refractivity contribution is 6.74. The first kappa shape index (κ1) is 14.7. The highest BCUT2D eigenvalue weighted by Crippen LogP contribution is 2.36. The summed E-state index contributed by atoms with van der Waals surface area (Å²) in [5, 5.41) is 12.7. The molecule has 0 saturated carbocycles. The van der Waals surface area contributed by atoms with Crippen LogP contribution in [0.15, 0.2) is 0 Å². The van der Waals surface area contributed by atoms with Crippen LogP contribution in [0.3, 0.4) is 0 Å². The molecule has 1 aliphatic rings. The van der Waals surface area contributed by atoms with Crippen LogP contribution in [0.1, 0.15) is 33.6 Å². The van der Waals surface area contributed by atoms with Gasteiger partial charge in [-0.15, -0.1) is 0 Å². The van der Waals surface area contributed by atoms with E-state index in [1.165, 1.54) is 0 Å². The van der Waals surface area contributed by atoms with Gasteiger partial charge in [0, 0.05) is 12.6 Å². The Hall–Kier alpha value is -0.373. The summed E-state index contributed by atoms with van der Waals surface area (Å²) in [5.74, 6) is 0.179. The average Bonchev–Trinajstić information content (AvgIpc) is 2.63. The van der Waals surface area contributed by atoms with Gasteiger partial charge in [-0.05, 0) is 37.5 Å². The fourth-order valence-electron chi connectivity index (χ4n) is 1.88. The molecule has 1 heterocycles. The first-order valence-electron chi connectivity index (χ1n) is 6.55. The van der Waals surface area contributed by atoms with E-state index in [0.717, 1.165) is 26.0 Å². The van der Waals surface area contributed by atoms with E-state index in [-0.39, 0.29) is 11.0 Å². The molecule has 0 aromatic heterocycles. The van der Waals surface area contributed by atoms with Crippen LogP contribution in [0.25, 0.3) is 0 Å². The van der Waals surface area contributed by atoms with Crippen LogP contribution in [-0.2, 0) is 4.43 Å². The van der Waals surface area contributed by atoms with Crippen molar-refractivity contribution in [2.75, 3.05) is 13.2 Å². The molecule has 0 amide bonds. The lowest BCUT2D eigenvalue weighted by Gasteiger charge is -2.36. The third kappa shape index (κ3) is 3.80. The van der Waals surface area contributed by atoms with Crippen molar-refractivity contribution in [3.63, 3.8) is 0 Å². The molecule has 2 unspecified atom stereocenters. The second-order valence-corrected chi connectivity index (χ2v) is 11.3. The normalized spacial score (nSPS) is 25.9. The molecule has 17 heavy (non-hydrogen) atoms. The van der Waals surface area contributed by atoms with E-state index in [1.54, 1.807) is 0 Å². The molecule has 1 rings (SSSR count). The maximum Gasteiger partial charge on any atom is 0.191 e. The summed E-state index contributed by atoms with van der Waals surface area (Å²) < 4.78 is 6.14. The molecular weight excluding hydrogens is 228 g/mol. The minimum absolute atomic E-state index is 0.179. The first-order chi connectivity index (χ1) is 7.78. The molecule has 0 spiro atoms. The summed E-state index contributed by atoms with van der Waals surface area (Å²) >= 11 is 0. The smallest absolute Gasteiger partial charge is 0.191 e. The second-order valence-electron chi connectivity index (χ2n) is 6.48. The zero-order valence-electron chi connectivity index (χ0n) is 11.8. The predicted octanol–water partition coefficient (Wildman–Crippen LogP) is 2.90. The van der Waals surface area contributed by atoms with Crippen LogP contribution in [0.4, 0.5) is 0 Å². The fourth-order valence-corrected chi connectivity index (χ4v) is 2.94. The summed E-state index contributed by atoms with van der Waals surface area (Å²) in [6, 6.07) is 2.72. The first-order valence-corrected chi connectivity index (χ1v) is 9.46. The standard InChI is InChI=1S/C13H26N2OSi/c1-13(2,3)17(4,5)16-9-7-12-11(10-14)6-8-15-12/h11-12,15H,6-9H2,1-5H3. The number of hydrogen-bond donors (Lipinski definition) is 1. The van der Waals surface area contributed by atoms with Gasteiger partial charge in [0.15, 0.2) is 8.32 Å². The molecule has 1 aliphatic heterocycles. The van der Waals surface area contributed by atoms with Gasteiger partial charge in [0.25, 0.3) is 0 Å². The van der Waals surface area contributed by atoms with E-state index >= 15 is 0 Å². The van der Waals surface area contributed by atoms with Crippen LogP contribution in [0.5, 0.6) is 0 Å². The van der Waals surface area contributed by atoms with Gasteiger partial charge in [0.1, 0.15) is 0 Å². The molecule has 0 aromatic carbocycles. The van der Waals surface area contributed by atoms with Gasteiger partial charge < -0.3 is 9.74 Å². The van der Waals surface area contributed by atoms with Crippen molar-refractivity contribution in [2.45, 2.75) is 57.8 Å². The van der Waals surface area contributed by atoms with Crippen LogP contribution in [0, 0.1) is 17.2 Å². The van der Waals surface area contributed by atoms with Crippen molar-refractivity contribution in [3.05, 3.63) is 0 Å². The Kier molecular flexibility index (Phi) is 4.76. The van der Waals surface area contributed by atoms with Crippen LogP contribution in [0.2, 0.25) is 18.1 Å². The van der Waals surface area contributed by atoms with Crippen molar-refractivity contribution in [3.8, 4) is 6.07 Å². The molecule has 1 fully saturated rings. The van der Waals surface area contributed by atoms with Crippen LogP contribution < -0.4 is 5.32 Å². The molecule has 0 radical (unpaired) electrons. The molecule has 2 atom stereocenters. The van der Waals surface area contributed by atoms with Crippen molar-refractivity contribution in [2.24, 2.45) is 5.92 Å². The van der Waals surface area contributed by atoms with E-state index in [4.69, 9.17) is 9.69 Å². The Balaban J connectivity index is 2.36. The van der Waals surface area contributed by atoms with Gasteiger partial charge >= 0.3 is 0 Å². The molecule has 4 heteroatoms. The maximum atomic E-state index is 9.00. The molecule has 3 nitrogen and oxygen atoms in total. The summed E-state index contributed by atoms with van der Waals surface area (Å²) in [5.41, 5.74) is 0. The average molecular weight is 254 g/mol. The van der Waals surface area contributed by atoms with Crippen molar-refractivity contribution in [1.29, 1.82) is 5.26 Å². The van der Waals surface area contributed by atoms with Gasteiger partial charge in [-0.2, -0.15) is 5.26 Å². The summed E-state index contributed by atoms with van der Waals surface area (Å²) in [6.45, 7) is 13.1. The van der Waals surface area contributed by atoms with E-state index in [9.17, 15) is 0 Å². The van der Waals surface area contributed by atoms with Crippen molar-refractivity contribution < 1.29 is 4.43 Å². The highest BCUT2D eigenvalue weighted by atomic mass is 28.4. The van der Waals surface area contributed by atoms with Crippen molar-refractivity contribution >= 4 is 8.32 Å². The Morgan fingerprint density at radius 3 is 2.59 bits per heavy atom. The number of rotatable bonds is 4. The largest absolute Gasteiger partial charge is 0.417 e. The number of nitrogens with zero attached hydrogens (tertiary/aromatic N) is 1. The quantitative estimate of drug-likeness (QED) is 0.785. The third-order valence-corrected chi connectivity index (χ3v) is 8.75. The zero-order valence-corrected chi connectivity index (χ0v) is 12.8. The molecule has 0 bridgehead atoms. The van der Waals surface area contributed by atoms with Gasteiger partial charge in [0.05, 0.1) is 12.0 Å². The van der Waals surface area contributed by atoms with Crippen molar-refractivity contribution in [1.82, 2.24) is 5.32 Å². The molecule has 0 aliphatic carbocycles. The SMILES string of the molecule is CC(C)(C)[Si](C)(C)OCCC1NCCC1C#N. The second kappa shape index (κ2) is 5.51. The fraction of sp³-hybridized carbons (Fsp3) is 0.923. The molecule has 1 N–H and O–H groups in total. The van der Waals surface area contributed by atoms with E-state index < -0.39 is 8.32 Å². The van der Waals surface area contributed by atoms with E-state index in [0.29, 0.717) is 6.04 Å². The Morgan fingerprint density at radius 2 is 2.06 bits per heavy atom. The van der Waals surface area contributed by atoms with Gasteiger partial charge in [-0.25, -0.2) is 0 Å². The zero-order chi connectivity index (χ0) is 13.1. The Morgan fingerprint density at radius 1 is 1.41 bits per heavy atom. The number of nitriles is 1. The van der Waals surface area contributed by atoms with Crippen LogP contribution >= 0.6 is 0 Å². The lowest BCUT2D eigenvalue weighted by atomic mass is 10.0. The molecule has 98 valence electrons. The third-order valence-electron chi connectivity index (χ3n) is 4.21. The van der Waals surface area contributed by atoms with Gasteiger partial charge in [-0.1, -0.05) is 20.8 Å². The Labute approximate surface area is 107 Å². The highest BCUT2D eigenvalue weighted by Gasteiger charge is 2.37. The summed E-state index contributed by atoms with van der Waals surface area (Å²) in [7, 11) is -1.62. The lowest BCUT2D eigenvalue weighted by molar-refractivity contribution is 0.261. The Bertz CT molecular complexity index is 291. The maximum absolute atomic E-state index is 9.00. The number of nitrogens with one attached hydrogen (secondary N) is 1. The minimum atomic E-state index is -1.62. The van der Waals surface area contributed by atoms with Gasteiger partial charge in [-0.3, -0.25) is 0 Å². The monoisotopic (exact) mass is 254 g/mol. The molecule has 0 aromatic rings. The predicted molar refractivity (Wildman–Crippen MR) is 73.3 cm³/mol. The van der Waals surface area contributed by atoms with Crippen LogP contribution in [-0.4, -0.2) is 27.5 Å². The molecular formula is C13H26N2OSi. The van der Waals surface area contributed by atoms with E-state index in [2.05, 4.69) is 45.3 Å². The lowest BCUT2D eigenvalue weighted by Crippen LogP contribution is -2.42. The van der Waals surface area contributed by atoms with Gasteiger partial charge in [0.2, 0.25) is 0 Å². The minimum Gasteiger partial charge on any atom is -0.417 e. The summed E-state index contributed by atoms with van der Waals surface area (Å²) in [6.07, 6.45) is 1.95. The van der Waals surface area contributed by atoms with E-state index in [1.807, 2.05) is 0 Å². The summed E-state index contributed by atoms with van der Waals surface area (Å²) in [4.78, 5) is 0.